The van der Waals surface area contributed by atoms with Crippen LogP contribution in [0.5, 0.6) is 0 Å². The van der Waals surface area contributed by atoms with Gasteiger partial charge in [-0.3, -0.25) is 4.79 Å². The molecule has 34 heavy (non-hydrogen) atoms. The van der Waals surface area contributed by atoms with E-state index in [2.05, 4.69) is 46.9 Å². The van der Waals surface area contributed by atoms with Crippen LogP contribution in [0.15, 0.2) is 66.9 Å². The first-order valence-electron chi connectivity index (χ1n) is 11.4. The third-order valence-corrected chi connectivity index (χ3v) is 6.06. The molecule has 2 aromatic carbocycles. The summed E-state index contributed by atoms with van der Waals surface area (Å²) in [6, 6.07) is 18.6. The number of nitrogens with zero attached hydrogens (tertiary/aromatic N) is 3. The fraction of sp³-hybridized carbons (Fsp3) is 0.296. The maximum absolute atomic E-state index is 12.7. The molecule has 0 atom stereocenters. The topological polar surface area (TPSA) is 85.8 Å². The number of piperazine rings is 1. The molecule has 3 aromatic rings. The van der Waals surface area contributed by atoms with Crippen LogP contribution in [0, 0.1) is 0 Å². The number of rotatable bonds is 5. The molecule has 2 heterocycles. The first-order valence-corrected chi connectivity index (χ1v) is 11.4. The zero-order valence-electron chi connectivity index (χ0n) is 19.8. The number of pyridine rings is 1. The number of carbonyl (C=O) groups is 2. The lowest BCUT2D eigenvalue weighted by Crippen LogP contribution is -2.46. The smallest absolute Gasteiger partial charge is 0.335 e. The van der Waals surface area contributed by atoms with Crippen molar-refractivity contribution in [2.24, 2.45) is 0 Å². The van der Waals surface area contributed by atoms with Gasteiger partial charge in [0.15, 0.2) is 0 Å². The number of aromatic carboxylic acids is 1. The van der Waals surface area contributed by atoms with E-state index in [4.69, 9.17) is 0 Å². The lowest BCUT2D eigenvalue weighted by Gasteiger charge is -2.36. The lowest BCUT2D eigenvalue weighted by atomic mass is 9.87. The van der Waals surface area contributed by atoms with Crippen LogP contribution in [0.2, 0.25) is 0 Å². The molecule has 1 fully saturated rings. The van der Waals surface area contributed by atoms with Gasteiger partial charge in [0.1, 0.15) is 5.82 Å². The summed E-state index contributed by atoms with van der Waals surface area (Å²) in [5.41, 5.74) is 3.65. The maximum atomic E-state index is 12.7. The molecule has 2 N–H and O–H groups in total. The molecule has 0 spiro atoms. The number of hydrogen-bond donors (Lipinski definition) is 2. The average molecular weight is 459 g/mol. The van der Waals surface area contributed by atoms with Crippen LogP contribution in [-0.2, 0) is 5.41 Å². The Kier molecular flexibility index (Phi) is 6.54. The molecule has 1 aliphatic heterocycles. The van der Waals surface area contributed by atoms with E-state index in [1.807, 2.05) is 30.3 Å². The third kappa shape index (κ3) is 5.36. The Morgan fingerprint density at radius 1 is 0.882 bits per heavy atom. The van der Waals surface area contributed by atoms with Crippen molar-refractivity contribution in [1.29, 1.82) is 0 Å². The van der Waals surface area contributed by atoms with Crippen molar-refractivity contribution < 1.29 is 14.7 Å². The highest BCUT2D eigenvalue weighted by Gasteiger charge is 2.20. The molecule has 1 saturated heterocycles. The van der Waals surface area contributed by atoms with E-state index < -0.39 is 5.97 Å². The van der Waals surface area contributed by atoms with Crippen LogP contribution >= 0.6 is 0 Å². The zero-order chi connectivity index (χ0) is 24.3. The van der Waals surface area contributed by atoms with E-state index in [0.29, 0.717) is 11.1 Å². The van der Waals surface area contributed by atoms with Gasteiger partial charge >= 0.3 is 5.97 Å². The van der Waals surface area contributed by atoms with Gasteiger partial charge in [0.05, 0.1) is 11.1 Å². The van der Waals surface area contributed by atoms with Crippen LogP contribution in [-0.4, -0.2) is 48.1 Å². The summed E-state index contributed by atoms with van der Waals surface area (Å²) in [6.45, 7) is 9.47. The average Bonchev–Trinajstić information content (AvgIpc) is 2.84. The Bertz CT molecular complexity index is 1180. The molecule has 0 bridgehead atoms. The number of amides is 1. The SMILES string of the molecule is CC(C)(C)c1cccc(NC(=O)c2ccc(N3CCN(c4cccc(C(=O)O)c4)CC3)nc2)c1. The highest BCUT2D eigenvalue weighted by Crippen LogP contribution is 2.25. The summed E-state index contributed by atoms with van der Waals surface area (Å²) < 4.78 is 0. The minimum atomic E-state index is -0.921. The van der Waals surface area contributed by atoms with E-state index in [1.165, 1.54) is 0 Å². The third-order valence-electron chi connectivity index (χ3n) is 6.06. The van der Waals surface area contributed by atoms with E-state index in [9.17, 15) is 14.7 Å². The largest absolute Gasteiger partial charge is 0.478 e. The van der Waals surface area contributed by atoms with Crippen molar-refractivity contribution in [2.75, 3.05) is 41.3 Å². The quantitative estimate of drug-likeness (QED) is 0.579. The number of benzene rings is 2. The Morgan fingerprint density at radius 3 is 2.24 bits per heavy atom. The van der Waals surface area contributed by atoms with Crippen molar-refractivity contribution >= 4 is 29.1 Å². The number of carboxylic acids is 1. The van der Waals surface area contributed by atoms with Gasteiger partial charge in [-0.05, 0) is 53.4 Å². The predicted molar refractivity (Wildman–Crippen MR) is 135 cm³/mol. The highest BCUT2D eigenvalue weighted by atomic mass is 16.4. The monoisotopic (exact) mass is 458 g/mol. The van der Waals surface area contributed by atoms with Crippen molar-refractivity contribution in [3.63, 3.8) is 0 Å². The molecule has 7 heteroatoms. The summed E-state index contributed by atoms with van der Waals surface area (Å²) >= 11 is 0. The molecular weight excluding hydrogens is 428 g/mol. The number of aromatic nitrogens is 1. The van der Waals surface area contributed by atoms with Gasteiger partial charge in [0.2, 0.25) is 0 Å². The van der Waals surface area contributed by atoms with E-state index in [-0.39, 0.29) is 11.3 Å². The highest BCUT2D eigenvalue weighted by molar-refractivity contribution is 6.04. The number of anilines is 3. The van der Waals surface area contributed by atoms with Crippen LogP contribution in [0.1, 0.15) is 47.1 Å². The summed E-state index contributed by atoms with van der Waals surface area (Å²) in [7, 11) is 0. The van der Waals surface area contributed by atoms with E-state index in [0.717, 1.165) is 48.9 Å². The second-order valence-electron chi connectivity index (χ2n) is 9.52. The lowest BCUT2D eigenvalue weighted by molar-refractivity contribution is 0.0696. The Hall–Kier alpha value is -3.87. The Balaban J connectivity index is 1.36. The number of nitrogens with one attached hydrogen (secondary N) is 1. The molecule has 0 aliphatic carbocycles. The van der Waals surface area contributed by atoms with Crippen LogP contribution in [0.3, 0.4) is 0 Å². The number of carbonyl (C=O) groups excluding carboxylic acids is 1. The minimum Gasteiger partial charge on any atom is -0.478 e. The van der Waals surface area contributed by atoms with Gasteiger partial charge in [-0.1, -0.05) is 39.0 Å². The summed E-state index contributed by atoms with van der Waals surface area (Å²) in [5.74, 6) is -0.283. The molecule has 0 unspecified atom stereocenters. The summed E-state index contributed by atoms with van der Waals surface area (Å²) in [5, 5.41) is 12.2. The number of carboxylic acid groups (broad SMARTS) is 1. The van der Waals surface area contributed by atoms with Gasteiger partial charge < -0.3 is 20.2 Å². The number of hydrogen-bond acceptors (Lipinski definition) is 5. The van der Waals surface area contributed by atoms with Crippen LogP contribution in [0.4, 0.5) is 17.2 Å². The first-order chi connectivity index (χ1) is 16.2. The molecule has 7 nitrogen and oxygen atoms in total. The molecule has 1 aromatic heterocycles. The fourth-order valence-electron chi connectivity index (χ4n) is 4.00. The summed E-state index contributed by atoms with van der Waals surface area (Å²) in [4.78, 5) is 32.8. The molecule has 1 aliphatic rings. The molecule has 176 valence electrons. The van der Waals surface area contributed by atoms with Crippen molar-refractivity contribution in [3.05, 3.63) is 83.6 Å². The van der Waals surface area contributed by atoms with Gasteiger partial charge in [0.25, 0.3) is 5.91 Å². The second kappa shape index (κ2) is 9.55. The van der Waals surface area contributed by atoms with Gasteiger partial charge in [0, 0.05) is 43.8 Å². The summed E-state index contributed by atoms with van der Waals surface area (Å²) in [6.07, 6.45) is 1.61. The minimum absolute atomic E-state index is 0.00697. The molecule has 0 saturated carbocycles. The van der Waals surface area contributed by atoms with Gasteiger partial charge in [-0.25, -0.2) is 9.78 Å². The van der Waals surface area contributed by atoms with Crippen LogP contribution in [0.25, 0.3) is 0 Å². The maximum Gasteiger partial charge on any atom is 0.335 e. The molecule has 0 radical (unpaired) electrons. The Labute approximate surface area is 200 Å². The van der Waals surface area contributed by atoms with Crippen LogP contribution < -0.4 is 15.1 Å². The van der Waals surface area contributed by atoms with Crippen molar-refractivity contribution in [1.82, 2.24) is 4.98 Å². The van der Waals surface area contributed by atoms with Gasteiger partial charge in [-0.2, -0.15) is 0 Å². The normalized spacial score (nSPS) is 14.1. The molecular formula is C27H30N4O3. The van der Waals surface area contributed by atoms with Crippen molar-refractivity contribution in [2.45, 2.75) is 26.2 Å². The van der Waals surface area contributed by atoms with E-state index in [1.54, 1.807) is 30.5 Å². The van der Waals surface area contributed by atoms with E-state index >= 15 is 0 Å². The second-order valence-corrected chi connectivity index (χ2v) is 9.52. The van der Waals surface area contributed by atoms with Gasteiger partial charge in [-0.15, -0.1) is 0 Å². The standard InChI is InChI=1S/C27H30N4O3/c1-27(2,3)21-7-5-8-22(17-21)29-25(32)20-10-11-24(28-18-20)31-14-12-30(13-15-31)23-9-4-6-19(16-23)26(33)34/h4-11,16-18H,12-15H2,1-3H3,(H,29,32)(H,33,34). The fourth-order valence-corrected chi connectivity index (χ4v) is 4.00. The zero-order valence-corrected chi connectivity index (χ0v) is 19.8. The first kappa shape index (κ1) is 23.3. The predicted octanol–water partition coefficient (Wildman–Crippen LogP) is 4.66. The van der Waals surface area contributed by atoms with Crippen molar-refractivity contribution in [3.8, 4) is 0 Å². The molecule has 4 rings (SSSR count). The Morgan fingerprint density at radius 2 is 1.59 bits per heavy atom. The molecule has 1 amide bonds.